The molecule has 13 aromatic rings. The van der Waals surface area contributed by atoms with Crippen molar-refractivity contribution >= 4 is 82.4 Å². The van der Waals surface area contributed by atoms with Gasteiger partial charge in [0.15, 0.2) is 0 Å². The number of aromatic nitrogens is 3. The highest BCUT2D eigenvalue weighted by Gasteiger charge is 2.19. The Morgan fingerprint density at radius 1 is 0.366 bits per heavy atom. The number of allylic oxidation sites excluding steroid dienone is 5. The molecule has 0 unspecified atom stereocenters. The Morgan fingerprint density at radius 3 is 1.28 bits per heavy atom. The quantitative estimate of drug-likeness (QED) is 0.136. The molecule has 336 valence electrons. The number of anilines is 2. The zero-order valence-corrected chi connectivity index (χ0v) is 39.3. The fraction of sp³-hybridized carbons (Fsp3) is 0.0149. The third kappa shape index (κ3) is 7.16. The average Bonchev–Trinajstić information content (AvgIpc) is 4.07. The van der Waals surface area contributed by atoms with Crippen LogP contribution in [-0.4, -0.2) is 13.7 Å². The van der Waals surface area contributed by atoms with E-state index in [2.05, 4.69) is 244 Å². The normalized spacial score (nSPS) is 12.0. The van der Waals surface area contributed by atoms with Gasteiger partial charge in [-0.25, -0.2) is 0 Å². The largest absolute Gasteiger partial charge is 0.355 e. The molecule has 0 radical (unpaired) electrons. The molecule has 0 fully saturated rings. The number of benzene rings is 10. The summed E-state index contributed by atoms with van der Waals surface area (Å²) < 4.78 is 7.22. The number of fused-ring (bicyclic) bond motifs is 9. The van der Waals surface area contributed by atoms with Gasteiger partial charge in [0.1, 0.15) is 0 Å². The average molecular weight is 909 g/mol. The van der Waals surface area contributed by atoms with Gasteiger partial charge >= 0.3 is 0 Å². The van der Waals surface area contributed by atoms with Crippen LogP contribution in [0, 0.1) is 0 Å². The Morgan fingerprint density at radius 2 is 0.775 bits per heavy atom. The minimum absolute atomic E-state index is 0.936. The zero-order valence-electron chi connectivity index (χ0n) is 39.3. The van der Waals surface area contributed by atoms with Gasteiger partial charge in [-0.15, -0.1) is 0 Å². The smallest absolute Gasteiger partial charge is 0.0541 e. The van der Waals surface area contributed by atoms with Crippen LogP contribution in [0.2, 0.25) is 0 Å². The molecule has 0 atom stereocenters. The molecule has 3 heterocycles. The maximum atomic E-state index is 4.50. The minimum Gasteiger partial charge on any atom is -0.355 e. The monoisotopic (exact) mass is 908 g/mol. The third-order valence-electron chi connectivity index (χ3n) is 14.1. The summed E-state index contributed by atoms with van der Waals surface area (Å²) in [6, 6.07) is 83.7. The second-order valence-corrected chi connectivity index (χ2v) is 18.3. The molecule has 0 aliphatic rings. The van der Waals surface area contributed by atoms with E-state index in [1.54, 1.807) is 0 Å². The Hall–Kier alpha value is -9.38. The fourth-order valence-electron chi connectivity index (χ4n) is 10.8. The topological polar surface area (TPSA) is 26.8 Å². The highest BCUT2D eigenvalue weighted by molar-refractivity contribution is 6.13. The van der Waals surface area contributed by atoms with Crippen molar-refractivity contribution in [3.63, 3.8) is 0 Å². The Bertz CT molecular complexity index is 4270. The Kier molecular flexibility index (Phi) is 10.2. The van der Waals surface area contributed by atoms with Crippen LogP contribution < -0.4 is 5.32 Å². The van der Waals surface area contributed by atoms with Crippen molar-refractivity contribution in [1.82, 2.24) is 13.7 Å². The van der Waals surface area contributed by atoms with Crippen molar-refractivity contribution in [3.05, 3.63) is 267 Å². The highest BCUT2D eigenvalue weighted by Crippen LogP contribution is 2.41. The summed E-state index contributed by atoms with van der Waals surface area (Å²) in [5.41, 5.74) is 19.2. The fourth-order valence-corrected chi connectivity index (χ4v) is 10.8. The first kappa shape index (κ1) is 41.8. The summed E-state index contributed by atoms with van der Waals surface area (Å²) >= 11 is 0. The predicted molar refractivity (Wildman–Crippen MR) is 303 cm³/mol. The molecule has 0 saturated carbocycles. The van der Waals surface area contributed by atoms with E-state index in [0.29, 0.717) is 0 Å². The molecule has 10 aromatic carbocycles. The van der Waals surface area contributed by atoms with Crippen molar-refractivity contribution < 1.29 is 0 Å². The first-order valence-corrected chi connectivity index (χ1v) is 24.3. The van der Waals surface area contributed by atoms with E-state index < -0.39 is 0 Å². The van der Waals surface area contributed by atoms with Crippen LogP contribution in [0.4, 0.5) is 11.4 Å². The van der Waals surface area contributed by atoms with Gasteiger partial charge in [-0.05, 0) is 144 Å². The summed E-state index contributed by atoms with van der Waals surface area (Å²) in [4.78, 5) is 0. The Labute approximate surface area is 412 Å². The molecule has 3 aromatic heterocycles. The SMILES string of the molecule is C=C(/C=C\C=C/C)c1cc(-c2ccc3c(c2)c2ccccc2n3-c2cccc(-n3c4ccccc4c4cc(-c5ccc6c(c5)c5ccccc5n6-c5ccccc5)ccc43)c2)ccc1Nc1ccccc1. The summed E-state index contributed by atoms with van der Waals surface area (Å²) in [6.07, 6.45) is 8.18. The van der Waals surface area contributed by atoms with Crippen molar-refractivity contribution in [1.29, 1.82) is 0 Å². The lowest BCUT2D eigenvalue weighted by molar-refractivity contribution is 1.13. The van der Waals surface area contributed by atoms with E-state index in [1.807, 2.05) is 43.4 Å². The van der Waals surface area contributed by atoms with Gasteiger partial charge in [-0.1, -0.05) is 152 Å². The second-order valence-electron chi connectivity index (χ2n) is 18.3. The summed E-state index contributed by atoms with van der Waals surface area (Å²) in [5.74, 6) is 0. The van der Waals surface area contributed by atoms with Gasteiger partial charge in [0.2, 0.25) is 0 Å². The number of nitrogens with zero attached hydrogens (tertiary/aromatic N) is 3. The van der Waals surface area contributed by atoms with Crippen LogP contribution >= 0.6 is 0 Å². The molecule has 4 heteroatoms. The van der Waals surface area contributed by atoms with Crippen LogP contribution in [0.1, 0.15) is 12.5 Å². The molecule has 1 N–H and O–H groups in total. The number of rotatable bonds is 10. The van der Waals surface area contributed by atoms with Crippen molar-refractivity contribution in [2.45, 2.75) is 6.92 Å². The molecule has 13 rings (SSSR count). The lowest BCUT2D eigenvalue weighted by Gasteiger charge is -2.15. The summed E-state index contributed by atoms with van der Waals surface area (Å²) in [5, 5.41) is 11.0. The molecule has 0 bridgehead atoms. The highest BCUT2D eigenvalue weighted by atomic mass is 15.0. The summed E-state index contributed by atoms with van der Waals surface area (Å²) in [7, 11) is 0. The molecule has 0 aliphatic heterocycles. The first-order valence-electron chi connectivity index (χ1n) is 24.3. The van der Waals surface area contributed by atoms with Crippen LogP contribution in [0.15, 0.2) is 261 Å². The standard InChI is InChI=1S/C67H48N4/c1-3-4-7-19-45(2)57-40-46(32-36-61(57)68-50-20-8-5-9-21-50)47-34-38-66-59(41-47)55-27-13-16-30-63(55)70(66)52-24-18-25-53(44-52)71-64-31-17-14-28-56(64)60-43-49(35-39-67(60)71)48-33-37-65-58(42-48)54-26-12-15-29-62(54)69(65)51-22-10-6-11-23-51/h3-44,68H,2H2,1H3/b4-3-,19-7-. The maximum Gasteiger partial charge on any atom is 0.0541 e. The molecule has 71 heavy (non-hydrogen) atoms. The lowest BCUT2D eigenvalue weighted by Crippen LogP contribution is -1.98. The minimum atomic E-state index is 0.936. The first-order chi connectivity index (χ1) is 35.1. The van der Waals surface area contributed by atoms with Crippen LogP contribution in [-0.2, 0) is 0 Å². The molecule has 0 saturated heterocycles. The van der Waals surface area contributed by atoms with Gasteiger partial charge in [0.05, 0.1) is 33.1 Å². The third-order valence-corrected chi connectivity index (χ3v) is 14.1. The van der Waals surface area contributed by atoms with E-state index in [1.165, 1.54) is 65.5 Å². The molecule has 0 aliphatic carbocycles. The van der Waals surface area contributed by atoms with Crippen molar-refractivity contribution in [2.24, 2.45) is 0 Å². The van der Waals surface area contributed by atoms with E-state index in [-0.39, 0.29) is 0 Å². The molecule has 0 amide bonds. The van der Waals surface area contributed by atoms with E-state index >= 15 is 0 Å². The van der Waals surface area contributed by atoms with E-state index in [4.69, 9.17) is 0 Å². The number of nitrogens with one attached hydrogen (secondary N) is 1. The van der Waals surface area contributed by atoms with Gasteiger partial charge in [0, 0.05) is 66.3 Å². The van der Waals surface area contributed by atoms with E-state index in [0.717, 1.165) is 61.7 Å². The number of hydrogen-bond donors (Lipinski definition) is 1. The lowest BCUT2D eigenvalue weighted by atomic mass is 9.96. The van der Waals surface area contributed by atoms with Crippen LogP contribution in [0.3, 0.4) is 0 Å². The molecule has 0 spiro atoms. The van der Waals surface area contributed by atoms with Crippen molar-refractivity contribution in [2.75, 3.05) is 5.32 Å². The van der Waals surface area contributed by atoms with Crippen LogP contribution in [0.25, 0.3) is 110 Å². The Balaban J connectivity index is 0.901. The van der Waals surface area contributed by atoms with Crippen molar-refractivity contribution in [3.8, 4) is 39.3 Å². The van der Waals surface area contributed by atoms with Gasteiger partial charge in [0.25, 0.3) is 0 Å². The predicted octanol–water partition coefficient (Wildman–Crippen LogP) is 18.2. The maximum absolute atomic E-state index is 4.50. The van der Waals surface area contributed by atoms with Gasteiger partial charge < -0.3 is 19.0 Å². The molecular formula is C67H48N4. The molecular weight excluding hydrogens is 861 g/mol. The second kappa shape index (κ2) is 17.3. The number of para-hydroxylation sites is 5. The van der Waals surface area contributed by atoms with Gasteiger partial charge in [-0.2, -0.15) is 0 Å². The van der Waals surface area contributed by atoms with Crippen LogP contribution in [0.5, 0.6) is 0 Å². The zero-order chi connectivity index (χ0) is 47.4. The number of hydrogen-bond acceptors (Lipinski definition) is 1. The van der Waals surface area contributed by atoms with Gasteiger partial charge in [-0.3, -0.25) is 0 Å². The van der Waals surface area contributed by atoms with E-state index in [9.17, 15) is 0 Å². The molecule has 4 nitrogen and oxygen atoms in total. The summed E-state index contributed by atoms with van der Waals surface area (Å²) in [6.45, 7) is 6.52.